The zero-order valence-electron chi connectivity index (χ0n) is 13.0. The van der Waals surface area contributed by atoms with Crippen molar-refractivity contribution in [3.8, 4) is 5.75 Å². The molecule has 1 N–H and O–H groups in total. The van der Waals surface area contributed by atoms with Gasteiger partial charge in [-0.05, 0) is 44.9 Å². The van der Waals surface area contributed by atoms with Crippen LogP contribution in [0.25, 0.3) is 0 Å². The van der Waals surface area contributed by atoms with Crippen LogP contribution in [0.5, 0.6) is 5.75 Å². The van der Waals surface area contributed by atoms with Crippen molar-refractivity contribution in [3.63, 3.8) is 0 Å². The first-order valence-electron chi connectivity index (χ1n) is 7.67. The number of rotatable bonds is 9. The predicted octanol–water partition coefficient (Wildman–Crippen LogP) is 5.16. The minimum atomic E-state index is 0.499. The van der Waals surface area contributed by atoms with Crippen molar-refractivity contribution in [1.29, 1.82) is 0 Å². The Hall–Kier alpha value is -1.18. The van der Waals surface area contributed by atoms with Crippen LogP contribution in [-0.4, -0.2) is 12.6 Å². The summed E-state index contributed by atoms with van der Waals surface area (Å²) >= 11 is 0. The Kier molecular flexibility index (Phi) is 7.39. The van der Waals surface area contributed by atoms with Gasteiger partial charge in [-0.15, -0.1) is 0 Å². The van der Waals surface area contributed by atoms with Gasteiger partial charge in [-0.25, -0.2) is 0 Å². The van der Waals surface area contributed by atoms with Crippen LogP contribution >= 0.6 is 0 Å². The maximum atomic E-state index is 5.70. The molecule has 1 atom stereocenters. The monoisotopic (exact) mass is 263 g/mol. The van der Waals surface area contributed by atoms with Gasteiger partial charge in [0.2, 0.25) is 0 Å². The number of benzene rings is 1. The van der Waals surface area contributed by atoms with Crippen LogP contribution in [0.3, 0.4) is 0 Å². The van der Waals surface area contributed by atoms with E-state index in [1.807, 2.05) is 6.92 Å². The van der Waals surface area contributed by atoms with Gasteiger partial charge in [0.25, 0.3) is 0 Å². The van der Waals surface area contributed by atoms with Crippen molar-refractivity contribution in [3.05, 3.63) is 23.8 Å². The molecule has 108 valence electrons. The lowest BCUT2D eigenvalue weighted by atomic mass is 10.1. The molecule has 1 rings (SSSR count). The number of nitrogens with one attached hydrogen (secondary N) is 1. The highest BCUT2D eigenvalue weighted by atomic mass is 16.5. The number of hydrogen-bond acceptors (Lipinski definition) is 2. The highest BCUT2D eigenvalue weighted by Gasteiger charge is 2.07. The van der Waals surface area contributed by atoms with Gasteiger partial charge < -0.3 is 10.1 Å². The SMILES string of the molecule is CCCCCCC(C)Nc1ccc(C)cc1OCC. The molecule has 19 heavy (non-hydrogen) atoms. The molecular weight excluding hydrogens is 234 g/mol. The highest BCUT2D eigenvalue weighted by Crippen LogP contribution is 2.27. The summed E-state index contributed by atoms with van der Waals surface area (Å²) in [6.07, 6.45) is 6.52. The fourth-order valence-electron chi connectivity index (χ4n) is 2.24. The molecule has 1 aromatic carbocycles. The zero-order chi connectivity index (χ0) is 14.1. The molecule has 2 nitrogen and oxygen atoms in total. The van der Waals surface area contributed by atoms with E-state index in [1.165, 1.54) is 37.7 Å². The average Bonchev–Trinajstić information content (AvgIpc) is 2.38. The Morgan fingerprint density at radius 1 is 1.16 bits per heavy atom. The molecule has 0 saturated carbocycles. The molecule has 0 saturated heterocycles. The second kappa shape index (κ2) is 8.84. The molecule has 0 spiro atoms. The molecule has 0 aliphatic carbocycles. The largest absolute Gasteiger partial charge is 0.492 e. The van der Waals surface area contributed by atoms with Gasteiger partial charge in [-0.3, -0.25) is 0 Å². The Morgan fingerprint density at radius 2 is 1.95 bits per heavy atom. The third-order valence-corrected chi connectivity index (χ3v) is 3.33. The summed E-state index contributed by atoms with van der Waals surface area (Å²) in [6, 6.07) is 6.87. The normalized spacial score (nSPS) is 12.2. The minimum absolute atomic E-state index is 0.499. The molecule has 0 amide bonds. The van der Waals surface area contributed by atoms with Crippen LogP contribution < -0.4 is 10.1 Å². The summed E-state index contributed by atoms with van der Waals surface area (Å²) < 4.78 is 5.70. The van der Waals surface area contributed by atoms with Crippen molar-refractivity contribution in [2.45, 2.75) is 65.8 Å². The van der Waals surface area contributed by atoms with Gasteiger partial charge in [0.05, 0.1) is 12.3 Å². The molecule has 0 bridgehead atoms. The maximum Gasteiger partial charge on any atom is 0.142 e. The van der Waals surface area contributed by atoms with E-state index in [2.05, 4.69) is 44.3 Å². The Morgan fingerprint density at radius 3 is 2.63 bits per heavy atom. The fraction of sp³-hybridized carbons (Fsp3) is 0.647. The highest BCUT2D eigenvalue weighted by molar-refractivity contribution is 5.58. The zero-order valence-corrected chi connectivity index (χ0v) is 13.0. The van der Waals surface area contributed by atoms with Crippen molar-refractivity contribution < 1.29 is 4.74 Å². The molecule has 2 heteroatoms. The summed E-state index contributed by atoms with van der Waals surface area (Å²) in [4.78, 5) is 0. The van der Waals surface area contributed by atoms with Crippen LogP contribution in [-0.2, 0) is 0 Å². The minimum Gasteiger partial charge on any atom is -0.492 e. The molecule has 1 unspecified atom stereocenters. The van der Waals surface area contributed by atoms with Gasteiger partial charge in [0.1, 0.15) is 5.75 Å². The fourth-order valence-corrected chi connectivity index (χ4v) is 2.24. The van der Waals surface area contributed by atoms with Gasteiger partial charge in [0, 0.05) is 6.04 Å². The third-order valence-electron chi connectivity index (χ3n) is 3.33. The van der Waals surface area contributed by atoms with Crippen LogP contribution in [0.2, 0.25) is 0 Å². The summed E-state index contributed by atoms with van der Waals surface area (Å²) in [6.45, 7) is 9.34. The van der Waals surface area contributed by atoms with Crippen molar-refractivity contribution >= 4 is 5.69 Å². The van der Waals surface area contributed by atoms with Crippen LogP contribution in [0, 0.1) is 6.92 Å². The molecule has 0 aromatic heterocycles. The van der Waals surface area contributed by atoms with E-state index in [9.17, 15) is 0 Å². The Balaban J connectivity index is 2.50. The summed E-state index contributed by atoms with van der Waals surface area (Å²) in [5.41, 5.74) is 2.36. The summed E-state index contributed by atoms with van der Waals surface area (Å²) in [5, 5.41) is 3.57. The second-order valence-corrected chi connectivity index (χ2v) is 5.33. The smallest absolute Gasteiger partial charge is 0.142 e. The second-order valence-electron chi connectivity index (χ2n) is 5.33. The van der Waals surface area contributed by atoms with Crippen LogP contribution in [0.4, 0.5) is 5.69 Å². The topological polar surface area (TPSA) is 21.3 Å². The van der Waals surface area contributed by atoms with E-state index in [-0.39, 0.29) is 0 Å². The molecule has 0 aliphatic rings. The number of ether oxygens (including phenoxy) is 1. The lowest BCUT2D eigenvalue weighted by molar-refractivity contribution is 0.341. The first kappa shape index (κ1) is 15.9. The van der Waals surface area contributed by atoms with E-state index in [1.54, 1.807) is 0 Å². The molecule has 0 heterocycles. The van der Waals surface area contributed by atoms with Gasteiger partial charge in [-0.1, -0.05) is 38.7 Å². The van der Waals surface area contributed by atoms with Crippen molar-refractivity contribution in [2.75, 3.05) is 11.9 Å². The van der Waals surface area contributed by atoms with E-state index in [4.69, 9.17) is 4.74 Å². The van der Waals surface area contributed by atoms with Crippen LogP contribution in [0.1, 0.15) is 58.4 Å². The van der Waals surface area contributed by atoms with Gasteiger partial charge >= 0.3 is 0 Å². The van der Waals surface area contributed by atoms with E-state index in [0.717, 1.165) is 11.4 Å². The average molecular weight is 263 g/mol. The van der Waals surface area contributed by atoms with Gasteiger partial charge in [-0.2, -0.15) is 0 Å². The predicted molar refractivity (Wildman–Crippen MR) is 84.2 cm³/mol. The quantitative estimate of drug-likeness (QED) is 0.621. The molecule has 0 aliphatic heterocycles. The lowest BCUT2D eigenvalue weighted by Gasteiger charge is -2.18. The first-order valence-corrected chi connectivity index (χ1v) is 7.67. The number of aryl methyl sites for hydroxylation is 1. The number of anilines is 1. The van der Waals surface area contributed by atoms with Crippen molar-refractivity contribution in [2.24, 2.45) is 0 Å². The molecule has 0 radical (unpaired) electrons. The van der Waals surface area contributed by atoms with E-state index >= 15 is 0 Å². The summed E-state index contributed by atoms with van der Waals surface area (Å²) in [5.74, 6) is 0.975. The lowest BCUT2D eigenvalue weighted by Crippen LogP contribution is -2.15. The van der Waals surface area contributed by atoms with E-state index < -0.39 is 0 Å². The van der Waals surface area contributed by atoms with Crippen LogP contribution in [0.15, 0.2) is 18.2 Å². The first-order chi connectivity index (χ1) is 9.17. The third kappa shape index (κ3) is 6.00. The Labute approximate surface area is 118 Å². The standard InChI is InChI=1S/C17H29NO/c1-5-7-8-9-10-15(4)18-16-12-11-14(3)13-17(16)19-6-2/h11-13,15,18H,5-10H2,1-4H3. The molecular formula is C17H29NO. The summed E-state index contributed by atoms with van der Waals surface area (Å²) in [7, 11) is 0. The number of hydrogen-bond donors (Lipinski definition) is 1. The van der Waals surface area contributed by atoms with Gasteiger partial charge in [0.15, 0.2) is 0 Å². The molecule has 0 fully saturated rings. The molecule has 1 aromatic rings. The number of unbranched alkanes of at least 4 members (excludes halogenated alkanes) is 3. The maximum absolute atomic E-state index is 5.70. The van der Waals surface area contributed by atoms with E-state index in [0.29, 0.717) is 12.6 Å². The van der Waals surface area contributed by atoms with Crippen molar-refractivity contribution in [1.82, 2.24) is 0 Å². The Bertz CT molecular complexity index is 362.